The van der Waals surface area contributed by atoms with Gasteiger partial charge in [-0.3, -0.25) is 4.79 Å². The molecule has 0 aliphatic carbocycles. The van der Waals surface area contributed by atoms with Gasteiger partial charge in [-0.15, -0.1) is 0 Å². The standard InChI is InChI=1S/C17H22ClNO4/c1-22-16(20)12-4-7-14(19-10-12)6-3-11-9-13(18)5-8-15(11)17(21)23-2/h5,8-9,12,14,19H,3-4,6-7,10H2,1-2H3. The molecule has 0 saturated carbocycles. The van der Waals surface area contributed by atoms with Crippen molar-refractivity contribution in [3.05, 3.63) is 34.3 Å². The molecule has 1 aromatic carbocycles. The molecule has 1 saturated heterocycles. The first-order valence-corrected chi connectivity index (χ1v) is 8.11. The average molecular weight is 340 g/mol. The maximum atomic E-state index is 11.8. The summed E-state index contributed by atoms with van der Waals surface area (Å²) in [6.45, 7) is 0.636. The number of benzene rings is 1. The maximum absolute atomic E-state index is 11.8. The van der Waals surface area contributed by atoms with Crippen LogP contribution in [0.1, 0.15) is 35.2 Å². The minimum atomic E-state index is -0.348. The molecule has 0 amide bonds. The summed E-state index contributed by atoms with van der Waals surface area (Å²) in [5.74, 6) is -0.564. The summed E-state index contributed by atoms with van der Waals surface area (Å²) < 4.78 is 9.59. The van der Waals surface area contributed by atoms with Gasteiger partial charge in [0.25, 0.3) is 0 Å². The Morgan fingerprint density at radius 3 is 2.65 bits per heavy atom. The van der Waals surface area contributed by atoms with Gasteiger partial charge in [-0.1, -0.05) is 11.6 Å². The second kappa shape index (κ2) is 8.31. The lowest BCUT2D eigenvalue weighted by Crippen LogP contribution is -2.42. The van der Waals surface area contributed by atoms with Crippen LogP contribution >= 0.6 is 11.6 Å². The Morgan fingerprint density at radius 1 is 1.26 bits per heavy atom. The maximum Gasteiger partial charge on any atom is 0.338 e. The lowest BCUT2D eigenvalue weighted by atomic mass is 9.91. The number of piperidine rings is 1. The van der Waals surface area contributed by atoms with Crippen LogP contribution in [0.4, 0.5) is 0 Å². The smallest absolute Gasteiger partial charge is 0.338 e. The fourth-order valence-electron chi connectivity index (χ4n) is 2.94. The van der Waals surface area contributed by atoms with Gasteiger partial charge in [-0.2, -0.15) is 0 Å². The predicted molar refractivity (Wildman–Crippen MR) is 87.6 cm³/mol. The Balaban J connectivity index is 1.93. The second-order valence-electron chi connectivity index (χ2n) is 5.73. The number of nitrogens with one attached hydrogen (secondary N) is 1. The van der Waals surface area contributed by atoms with E-state index in [0.717, 1.165) is 31.2 Å². The zero-order valence-corrected chi connectivity index (χ0v) is 14.2. The van der Waals surface area contributed by atoms with Crippen LogP contribution in [0, 0.1) is 5.92 Å². The lowest BCUT2D eigenvalue weighted by Gasteiger charge is -2.28. The van der Waals surface area contributed by atoms with Crippen LogP contribution in [0.3, 0.4) is 0 Å². The van der Waals surface area contributed by atoms with Crippen LogP contribution in [0.15, 0.2) is 18.2 Å². The third-order valence-electron chi connectivity index (χ3n) is 4.29. The van der Waals surface area contributed by atoms with E-state index in [1.54, 1.807) is 12.1 Å². The summed E-state index contributed by atoms with van der Waals surface area (Å²) in [4.78, 5) is 23.3. The average Bonchev–Trinajstić information content (AvgIpc) is 2.59. The summed E-state index contributed by atoms with van der Waals surface area (Å²) in [5.41, 5.74) is 1.45. The molecule has 2 atom stereocenters. The molecule has 126 valence electrons. The first-order valence-electron chi connectivity index (χ1n) is 7.73. The molecular weight excluding hydrogens is 318 g/mol. The van der Waals surface area contributed by atoms with E-state index in [1.165, 1.54) is 14.2 Å². The number of methoxy groups -OCH3 is 2. The molecule has 5 nitrogen and oxygen atoms in total. The highest BCUT2D eigenvalue weighted by Crippen LogP contribution is 2.22. The minimum absolute atomic E-state index is 0.0620. The van der Waals surface area contributed by atoms with Crippen molar-refractivity contribution >= 4 is 23.5 Å². The Labute approximate surface area is 141 Å². The number of carbonyl (C=O) groups excluding carboxylic acids is 2. The van der Waals surface area contributed by atoms with Gasteiger partial charge in [0.2, 0.25) is 0 Å². The van der Waals surface area contributed by atoms with Crippen LogP contribution in [-0.2, 0) is 20.7 Å². The van der Waals surface area contributed by atoms with Crippen molar-refractivity contribution in [2.45, 2.75) is 31.7 Å². The SMILES string of the molecule is COC(=O)c1ccc(Cl)cc1CCC1CCC(C(=O)OC)CN1. The van der Waals surface area contributed by atoms with Crippen LogP contribution in [0.5, 0.6) is 0 Å². The number of ether oxygens (including phenoxy) is 2. The van der Waals surface area contributed by atoms with E-state index in [9.17, 15) is 9.59 Å². The Hall–Kier alpha value is -1.59. The number of halogens is 1. The molecule has 1 heterocycles. The van der Waals surface area contributed by atoms with Crippen LogP contribution < -0.4 is 5.32 Å². The molecule has 0 spiro atoms. The van der Waals surface area contributed by atoms with E-state index in [1.807, 2.05) is 6.07 Å². The van der Waals surface area contributed by atoms with Gasteiger partial charge in [-0.25, -0.2) is 4.79 Å². The third kappa shape index (κ3) is 4.69. The second-order valence-corrected chi connectivity index (χ2v) is 6.17. The summed E-state index contributed by atoms with van der Waals surface area (Å²) in [5, 5.41) is 3.99. The largest absolute Gasteiger partial charge is 0.469 e. The summed E-state index contributed by atoms with van der Waals surface area (Å²) in [6, 6.07) is 5.52. The van der Waals surface area contributed by atoms with Gasteiger partial charge in [0.15, 0.2) is 0 Å². The summed E-state index contributed by atoms with van der Waals surface area (Å²) in [6.07, 6.45) is 3.33. The summed E-state index contributed by atoms with van der Waals surface area (Å²) >= 11 is 6.04. The van der Waals surface area contributed by atoms with Gasteiger partial charge in [-0.05, 0) is 49.4 Å². The van der Waals surface area contributed by atoms with Crippen molar-refractivity contribution < 1.29 is 19.1 Å². The molecule has 1 fully saturated rings. The molecule has 0 radical (unpaired) electrons. The molecule has 0 bridgehead atoms. The van der Waals surface area contributed by atoms with Crippen LogP contribution in [0.2, 0.25) is 5.02 Å². The molecule has 23 heavy (non-hydrogen) atoms. The van der Waals surface area contributed by atoms with Gasteiger partial charge in [0.05, 0.1) is 25.7 Å². The van der Waals surface area contributed by atoms with E-state index in [4.69, 9.17) is 21.1 Å². The van der Waals surface area contributed by atoms with Crippen LogP contribution in [-0.4, -0.2) is 38.7 Å². The van der Waals surface area contributed by atoms with E-state index >= 15 is 0 Å². The molecule has 0 aromatic heterocycles. The molecule has 2 unspecified atom stereocenters. The number of rotatable bonds is 5. The zero-order valence-electron chi connectivity index (χ0n) is 13.4. The molecular formula is C17H22ClNO4. The Kier molecular flexibility index (Phi) is 6.42. The van der Waals surface area contributed by atoms with Crippen molar-refractivity contribution in [3.63, 3.8) is 0 Å². The first-order chi connectivity index (χ1) is 11.0. The summed E-state index contributed by atoms with van der Waals surface area (Å²) in [7, 11) is 2.79. The highest BCUT2D eigenvalue weighted by atomic mass is 35.5. The number of aryl methyl sites for hydroxylation is 1. The Bertz CT molecular complexity index is 568. The first kappa shape index (κ1) is 17.8. The quantitative estimate of drug-likeness (QED) is 0.835. The number of hydrogen-bond acceptors (Lipinski definition) is 5. The van der Waals surface area contributed by atoms with Crippen LogP contribution in [0.25, 0.3) is 0 Å². The van der Waals surface area contributed by atoms with Crippen molar-refractivity contribution in [2.24, 2.45) is 5.92 Å². The molecule has 1 aliphatic heterocycles. The van der Waals surface area contributed by atoms with Gasteiger partial charge >= 0.3 is 11.9 Å². The molecule has 2 rings (SSSR count). The molecule has 1 aromatic rings. The highest BCUT2D eigenvalue weighted by molar-refractivity contribution is 6.30. The number of hydrogen-bond donors (Lipinski definition) is 1. The van der Waals surface area contributed by atoms with Gasteiger partial charge in [0, 0.05) is 17.6 Å². The Morgan fingerprint density at radius 2 is 2.04 bits per heavy atom. The lowest BCUT2D eigenvalue weighted by molar-refractivity contribution is -0.146. The number of carbonyl (C=O) groups is 2. The minimum Gasteiger partial charge on any atom is -0.469 e. The van der Waals surface area contributed by atoms with Crippen molar-refractivity contribution in [1.82, 2.24) is 5.32 Å². The van der Waals surface area contributed by atoms with E-state index < -0.39 is 0 Å². The van der Waals surface area contributed by atoms with Gasteiger partial charge in [0.1, 0.15) is 0 Å². The zero-order chi connectivity index (χ0) is 16.8. The topological polar surface area (TPSA) is 64.6 Å². The number of esters is 2. The molecule has 1 aliphatic rings. The van der Waals surface area contributed by atoms with Gasteiger partial charge < -0.3 is 14.8 Å². The van der Waals surface area contributed by atoms with Crippen molar-refractivity contribution in [1.29, 1.82) is 0 Å². The monoisotopic (exact) mass is 339 g/mol. The van der Waals surface area contributed by atoms with E-state index in [-0.39, 0.29) is 17.9 Å². The molecule has 1 N–H and O–H groups in total. The van der Waals surface area contributed by atoms with E-state index in [0.29, 0.717) is 23.2 Å². The fraction of sp³-hybridized carbons (Fsp3) is 0.529. The molecule has 6 heteroatoms. The fourth-order valence-corrected chi connectivity index (χ4v) is 3.13. The normalized spacial score (nSPS) is 20.8. The van der Waals surface area contributed by atoms with E-state index in [2.05, 4.69) is 5.32 Å². The highest BCUT2D eigenvalue weighted by Gasteiger charge is 2.26. The third-order valence-corrected chi connectivity index (χ3v) is 4.52. The predicted octanol–water partition coefficient (Wildman–Crippen LogP) is 2.60. The van der Waals surface area contributed by atoms with Crippen molar-refractivity contribution in [2.75, 3.05) is 20.8 Å². The van der Waals surface area contributed by atoms with Crippen molar-refractivity contribution in [3.8, 4) is 0 Å².